The lowest BCUT2D eigenvalue weighted by molar-refractivity contribution is -0.139. The molecule has 0 radical (unpaired) electrons. The minimum absolute atomic E-state index is 0.00549. The third-order valence-electron chi connectivity index (χ3n) is 3.71. The molecule has 1 aliphatic heterocycles. The topological polar surface area (TPSA) is 66.8 Å². The molecular weight excluding hydrogens is 289 g/mol. The number of halogens is 1. The largest absolute Gasteiger partial charge is 0.493 e. The van der Waals surface area contributed by atoms with Crippen molar-refractivity contribution in [2.45, 2.75) is 38.1 Å². The summed E-state index contributed by atoms with van der Waals surface area (Å²) in [6.45, 7) is 0.953. The first kappa shape index (κ1) is 16.3. The molecule has 1 aromatic carbocycles. The lowest BCUT2D eigenvalue weighted by atomic mass is 10.1. The van der Waals surface area contributed by atoms with Gasteiger partial charge in [-0.1, -0.05) is 6.07 Å². The Kier molecular flexibility index (Phi) is 5.75. The molecule has 1 aromatic rings. The maximum absolute atomic E-state index is 13.0. The van der Waals surface area contributed by atoms with E-state index in [-0.39, 0.29) is 24.2 Å². The third kappa shape index (κ3) is 4.72. The van der Waals surface area contributed by atoms with Gasteiger partial charge in [0.2, 0.25) is 5.91 Å². The molecular formula is C16H20FNO4. The van der Waals surface area contributed by atoms with Crippen LogP contribution in [0.3, 0.4) is 0 Å². The van der Waals surface area contributed by atoms with Crippen LogP contribution in [0.1, 0.15) is 32.1 Å². The highest BCUT2D eigenvalue weighted by Crippen LogP contribution is 2.21. The van der Waals surface area contributed by atoms with Crippen LogP contribution in [0.2, 0.25) is 0 Å². The van der Waals surface area contributed by atoms with Crippen molar-refractivity contribution in [3.8, 4) is 5.75 Å². The minimum atomic E-state index is -0.876. The number of ether oxygens (including phenoxy) is 1. The van der Waals surface area contributed by atoms with Crippen molar-refractivity contribution in [1.29, 1.82) is 0 Å². The van der Waals surface area contributed by atoms with Crippen molar-refractivity contribution in [1.82, 2.24) is 4.90 Å². The van der Waals surface area contributed by atoms with Crippen molar-refractivity contribution in [3.63, 3.8) is 0 Å². The summed E-state index contributed by atoms with van der Waals surface area (Å²) in [5.41, 5.74) is 0. The van der Waals surface area contributed by atoms with E-state index in [0.29, 0.717) is 31.7 Å². The number of hydrogen-bond donors (Lipinski definition) is 1. The number of carbonyl (C=O) groups excluding carboxylic acids is 1. The summed E-state index contributed by atoms with van der Waals surface area (Å²) in [7, 11) is 0. The van der Waals surface area contributed by atoms with Gasteiger partial charge < -0.3 is 14.7 Å². The zero-order valence-electron chi connectivity index (χ0n) is 12.3. The molecule has 0 bridgehead atoms. The van der Waals surface area contributed by atoms with E-state index in [9.17, 15) is 14.0 Å². The van der Waals surface area contributed by atoms with Crippen LogP contribution in [0.25, 0.3) is 0 Å². The van der Waals surface area contributed by atoms with Gasteiger partial charge in [-0.15, -0.1) is 0 Å². The van der Waals surface area contributed by atoms with Crippen LogP contribution in [0, 0.1) is 5.82 Å². The smallest absolute Gasteiger partial charge is 0.305 e. The van der Waals surface area contributed by atoms with E-state index in [2.05, 4.69) is 0 Å². The maximum Gasteiger partial charge on any atom is 0.305 e. The van der Waals surface area contributed by atoms with Crippen LogP contribution in [0.5, 0.6) is 5.75 Å². The van der Waals surface area contributed by atoms with E-state index in [1.807, 2.05) is 0 Å². The first-order valence-corrected chi connectivity index (χ1v) is 7.46. The second-order valence-electron chi connectivity index (χ2n) is 5.39. The summed E-state index contributed by atoms with van der Waals surface area (Å²) >= 11 is 0. The van der Waals surface area contributed by atoms with E-state index in [4.69, 9.17) is 9.84 Å². The summed E-state index contributed by atoms with van der Waals surface area (Å²) in [6, 6.07) is 5.68. The van der Waals surface area contributed by atoms with E-state index in [1.165, 1.54) is 12.1 Å². The van der Waals surface area contributed by atoms with Crippen molar-refractivity contribution in [2.75, 3.05) is 13.2 Å². The van der Waals surface area contributed by atoms with Gasteiger partial charge in [-0.25, -0.2) is 4.39 Å². The summed E-state index contributed by atoms with van der Waals surface area (Å²) in [5.74, 6) is -0.828. The molecule has 1 fully saturated rings. The molecule has 0 saturated carbocycles. The second kappa shape index (κ2) is 7.77. The summed E-state index contributed by atoms with van der Waals surface area (Å²) in [6.07, 6.45) is 2.43. The molecule has 0 spiro atoms. The Hall–Kier alpha value is -2.11. The Labute approximate surface area is 128 Å². The number of carbonyl (C=O) groups is 2. The Morgan fingerprint density at radius 2 is 2.23 bits per heavy atom. The highest BCUT2D eigenvalue weighted by atomic mass is 19.1. The summed E-state index contributed by atoms with van der Waals surface area (Å²) in [4.78, 5) is 24.6. The second-order valence-corrected chi connectivity index (χ2v) is 5.39. The molecule has 2 rings (SSSR count). The number of likely N-dealkylation sites (tertiary alicyclic amines) is 1. The Morgan fingerprint density at radius 1 is 1.41 bits per heavy atom. The fourth-order valence-electron chi connectivity index (χ4n) is 2.69. The lowest BCUT2D eigenvalue weighted by Crippen LogP contribution is -2.36. The number of hydrogen-bond acceptors (Lipinski definition) is 3. The number of amides is 1. The van der Waals surface area contributed by atoms with Crippen molar-refractivity contribution < 1.29 is 23.8 Å². The van der Waals surface area contributed by atoms with Gasteiger partial charge in [-0.05, 0) is 31.4 Å². The maximum atomic E-state index is 13.0. The number of carboxylic acids is 1. The fraction of sp³-hybridized carbons (Fsp3) is 0.500. The minimum Gasteiger partial charge on any atom is -0.493 e. The molecule has 6 heteroatoms. The van der Waals surface area contributed by atoms with Gasteiger partial charge in [0.15, 0.2) is 0 Å². The molecule has 0 aromatic heterocycles. The lowest BCUT2D eigenvalue weighted by Gasteiger charge is -2.23. The number of benzene rings is 1. The normalized spacial score (nSPS) is 17.5. The van der Waals surface area contributed by atoms with Crippen LogP contribution < -0.4 is 4.74 Å². The molecule has 0 aliphatic carbocycles. The van der Waals surface area contributed by atoms with E-state index in [1.54, 1.807) is 17.0 Å². The molecule has 22 heavy (non-hydrogen) atoms. The fourth-order valence-corrected chi connectivity index (χ4v) is 2.69. The highest BCUT2D eigenvalue weighted by molar-refractivity contribution is 5.78. The molecule has 1 unspecified atom stereocenters. The van der Waals surface area contributed by atoms with Gasteiger partial charge in [0.05, 0.1) is 13.0 Å². The summed E-state index contributed by atoms with van der Waals surface area (Å²) in [5, 5.41) is 8.85. The Balaban J connectivity index is 1.72. The van der Waals surface area contributed by atoms with Crippen LogP contribution in [-0.2, 0) is 9.59 Å². The van der Waals surface area contributed by atoms with Gasteiger partial charge in [-0.2, -0.15) is 0 Å². The van der Waals surface area contributed by atoms with Gasteiger partial charge >= 0.3 is 5.97 Å². The predicted molar refractivity (Wildman–Crippen MR) is 78.1 cm³/mol. The monoisotopic (exact) mass is 309 g/mol. The molecule has 120 valence electrons. The molecule has 1 aliphatic rings. The highest BCUT2D eigenvalue weighted by Gasteiger charge is 2.29. The standard InChI is InChI=1S/C16H20FNO4/c17-12-4-1-6-14(10-12)22-9-3-7-15(19)18-8-2-5-13(18)11-16(20)21/h1,4,6,10,13H,2-3,5,7-9,11H2,(H,20,21). The van der Waals surface area contributed by atoms with Crippen LogP contribution in [0.4, 0.5) is 4.39 Å². The predicted octanol–water partition coefficient (Wildman–Crippen LogP) is 2.45. The number of rotatable bonds is 7. The zero-order valence-corrected chi connectivity index (χ0v) is 12.3. The average molecular weight is 309 g/mol. The quantitative estimate of drug-likeness (QED) is 0.786. The summed E-state index contributed by atoms with van der Waals surface area (Å²) < 4.78 is 18.4. The van der Waals surface area contributed by atoms with Crippen molar-refractivity contribution >= 4 is 11.9 Å². The third-order valence-corrected chi connectivity index (χ3v) is 3.71. The zero-order chi connectivity index (χ0) is 15.9. The number of aliphatic carboxylic acids is 1. The SMILES string of the molecule is O=C(O)CC1CCCN1C(=O)CCCOc1cccc(F)c1. The first-order chi connectivity index (χ1) is 10.6. The molecule has 1 atom stereocenters. The molecule has 1 N–H and O–H groups in total. The number of carboxylic acid groups (broad SMARTS) is 1. The Morgan fingerprint density at radius 3 is 2.95 bits per heavy atom. The molecule has 5 nitrogen and oxygen atoms in total. The van der Waals surface area contributed by atoms with Gasteiger partial charge in [-0.3, -0.25) is 9.59 Å². The van der Waals surface area contributed by atoms with Crippen LogP contribution in [0.15, 0.2) is 24.3 Å². The van der Waals surface area contributed by atoms with Crippen molar-refractivity contribution in [3.05, 3.63) is 30.1 Å². The van der Waals surface area contributed by atoms with Gasteiger partial charge in [0, 0.05) is 25.1 Å². The number of nitrogens with zero attached hydrogens (tertiary/aromatic N) is 1. The average Bonchev–Trinajstić information content (AvgIpc) is 2.91. The van der Waals surface area contributed by atoms with E-state index in [0.717, 1.165) is 12.8 Å². The van der Waals surface area contributed by atoms with Crippen LogP contribution in [-0.4, -0.2) is 41.1 Å². The molecule has 1 saturated heterocycles. The first-order valence-electron chi connectivity index (χ1n) is 7.46. The van der Waals surface area contributed by atoms with E-state index >= 15 is 0 Å². The van der Waals surface area contributed by atoms with E-state index < -0.39 is 5.97 Å². The van der Waals surface area contributed by atoms with Gasteiger partial charge in [0.1, 0.15) is 11.6 Å². The molecule has 1 amide bonds. The Bertz CT molecular complexity index is 535. The van der Waals surface area contributed by atoms with Crippen molar-refractivity contribution in [2.24, 2.45) is 0 Å². The molecule has 1 heterocycles. The van der Waals surface area contributed by atoms with Crippen LogP contribution >= 0.6 is 0 Å². The van der Waals surface area contributed by atoms with Gasteiger partial charge in [0.25, 0.3) is 0 Å².